The highest BCUT2D eigenvalue weighted by atomic mass is 127. The third-order valence-corrected chi connectivity index (χ3v) is 4.05. The van der Waals surface area contributed by atoms with Gasteiger partial charge in [0, 0.05) is 10.1 Å². The van der Waals surface area contributed by atoms with E-state index in [2.05, 4.69) is 34.5 Å². The van der Waals surface area contributed by atoms with Gasteiger partial charge in [-0.05, 0) is 59.3 Å². The molecule has 0 aliphatic heterocycles. The van der Waals surface area contributed by atoms with Crippen molar-refractivity contribution in [2.75, 3.05) is 0 Å². The standard InChI is InChI=1S/C16H14FIN2O/c1-2-8-20-13-5-3-4-12(17)15(13)19-16(20)11-9-10(18)6-7-14(11)21/h3-7,9,21H,2,8H2,1H3. The van der Waals surface area contributed by atoms with E-state index in [9.17, 15) is 9.50 Å². The fraction of sp³-hybridized carbons (Fsp3) is 0.188. The summed E-state index contributed by atoms with van der Waals surface area (Å²) >= 11 is 2.18. The maximum atomic E-state index is 14.0. The number of hydrogen-bond acceptors (Lipinski definition) is 2. The zero-order valence-electron chi connectivity index (χ0n) is 11.5. The predicted molar refractivity (Wildman–Crippen MR) is 89.8 cm³/mol. The molecule has 0 aliphatic rings. The number of rotatable bonds is 3. The summed E-state index contributed by atoms with van der Waals surface area (Å²) in [7, 11) is 0. The molecule has 3 rings (SSSR count). The van der Waals surface area contributed by atoms with Gasteiger partial charge >= 0.3 is 0 Å². The van der Waals surface area contributed by atoms with Crippen molar-refractivity contribution in [1.82, 2.24) is 9.55 Å². The zero-order chi connectivity index (χ0) is 15.0. The Labute approximate surface area is 135 Å². The highest BCUT2D eigenvalue weighted by molar-refractivity contribution is 14.1. The number of benzene rings is 2. The van der Waals surface area contributed by atoms with Crippen LogP contribution in [0.3, 0.4) is 0 Å². The van der Waals surface area contributed by atoms with Gasteiger partial charge in [-0.25, -0.2) is 9.37 Å². The van der Waals surface area contributed by atoms with E-state index < -0.39 is 0 Å². The number of halogens is 2. The largest absolute Gasteiger partial charge is 0.507 e. The Kier molecular flexibility index (Phi) is 3.84. The van der Waals surface area contributed by atoms with Gasteiger partial charge in [0.15, 0.2) is 5.82 Å². The fourth-order valence-corrected chi connectivity index (χ4v) is 2.95. The van der Waals surface area contributed by atoms with Gasteiger partial charge in [0.1, 0.15) is 17.1 Å². The summed E-state index contributed by atoms with van der Waals surface area (Å²) in [6, 6.07) is 10.3. The van der Waals surface area contributed by atoms with Gasteiger partial charge in [-0.15, -0.1) is 0 Å². The van der Waals surface area contributed by atoms with Crippen molar-refractivity contribution in [3.8, 4) is 17.1 Å². The molecular weight excluding hydrogens is 382 g/mol. The second kappa shape index (κ2) is 5.63. The van der Waals surface area contributed by atoms with Crippen molar-refractivity contribution in [3.63, 3.8) is 0 Å². The molecule has 0 fully saturated rings. The number of phenolic OH excluding ortho intramolecular Hbond substituents is 1. The molecule has 0 saturated carbocycles. The Hall–Kier alpha value is -1.63. The predicted octanol–water partition coefficient (Wildman–Crippen LogP) is 4.56. The Bertz CT molecular complexity index is 813. The van der Waals surface area contributed by atoms with Gasteiger partial charge in [-0.2, -0.15) is 0 Å². The molecule has 0 atom stereocenters. The smallest absolute Gasteiger partial charge is 0.151 e. The Balaban J connectivity index is 2.33. The van der Waals surface area contributed by atoms with E-state index >= 15 is 0 Å². The van der Waals surface area contributed by atoms with Gasteiger partial charge in [-0.3, -0.25) is 0 Å². The number of para-hydroxylation sites is 1. The molecule has 0 amide bonds. The number of hydrogen-bond donors (Lipinski definition) is 1. The highest BCUT2D eigenvalue weighted by Gasteiger charge is 2.17. The minimum absolute atomic E-state index is 0.156. The van der Waals surface area contributed by atoms with Gasteiger partial charge in [0.2, 0.25) is 0 Å². The van der Waals surface area contributed by atoms with Crippen molar-refractivity contribution in [2.24, 2.45) is 0 Å². The zero-order valence-corrected chi connectivity index (χ0v) is 13.6. The highest BCUT2D eigenvalue weighted by Crippen LogP contribution is 2.33. The normalized spacial score (nSPS) is 11.2. The minimum atomic E-state index is -0.339. The van der Waals surface area contributed by atoms with Crippen LogP contribution in [-0.2, 0) is 6.54 Å². The first-order chi connectivity index (χ1) is 10.1. The van der Waals surface area contributed by atoms with Crippen LogP contribution in [0.5, 0.6) is 5.75 Å². The number of nitrogens with zero attached hydrogens (tertiary/aromatic N) is 2. The molecule has 2 aromatic carbocycles. The van der Waals surface area contributed by atoms with Crippen LogP contribution in [0.15, 0.2) is 36.4 Å². The lowest BCUT2D eigenvalue weighted by atomic mass is 10.2. The van der Waals surface area contributed by atoms with E-state index in [4.69, 9.17) is 0 Å². The van der Waals surface area contributed by atoms with Crippen LogP contribution in [0, 0.1) is 9.39 Å². The molecule has 0 unspecified atom stereocenters. The Morgan fingerprint density at radius 1 is 1.29 bits per heavy atom. The van der Waals surface area contributed by atoms with E-state index in [1.54, 1.807) is 12.1 Å². The molecule has 0 radical (unpaired) electrons. The van der Waals surface area contributed by atoms with Crippen LogP contribution in [0.4, 0.5) is 4.39 Å². The number of imidazole rings is 1. The molecule has 3 nitrogen and oxygen atoms in total. The van der Waals surface area contributed by atoms with E-state index in [1.165, 1.54) is 6.07 Å². The maximum absolute atomic E-state index is 14.0. The molecule has 21 heavy (non-hydrogen) atoms. The van der Waals surface area contributed by atoms with Crippen LogP contribution in [-0.4, -0.2) is 14.7 Å². The molecule has 0 bridgehead atoms. The lowest BCUT2D eigenvalue weighted by molar-refractivity contribution is 0.476. The lowest BCUT2D eigenvalue weighted by Crippen LogP contribution is -2.00. The second-order valence-corrected chi connectivity index (χ2v) is 6.10. The summed E-state index contributed by atoms with van der Waals surface area (Å²) in [6.07, 6.45) is 0.902. The van der Waals surface area contributed by atoms with Crippen LogP contribution >= 0.6 is 22.6 Å². The molecule has 5 heteroatoms. The summed E-state index contributed by atoms with van der Waals surface area (Å²) in [6.45, 7) is 2.78. The SMILES string of the molecule is CCCn1c(-c2cc(I)ccc2O)nc2c(F)cccc21. The average Bonchev–Trinajstić information content (AvgIpc) is 2.82. The van der Waals surface area contributed by atoms with Gasteiger partial charge in [0.05, 0.1) is 11.1 Å². The molecule has 0 aliphatic carbocycles. The summed E-state index contributed by atoms with van der Waals surface area (Å²) in [5.74, 6) is 0.421. The molecule has 108 valence electrons. The third kappa shape index (κ3) is 2.50. The number of fused-ring (bicyclic) bond motifs is 1. The van der Waals surface area contributed by atoms with Gasteiger partial charge in [-0.1, -0.05) is 13.0 Å². The van der Waals surface area contributed by atoms with Crippen LogP contribution in [0.1, 0.15) is 13.3 Å². The quantitative estimate of drug-likeness (QED) is 0.660. The first-order valence-electron chi connectivity index (χ1n) is 6.75. The molecule has 1 aromatic heterocycles. The topological polar surface area (TPSA) is 38.0 Å². The van der Waals surface area contributed by atoms with Crippen molar-refractivity contribution >= 4 is 33.6 Å². The average molecular weight is 396 g/mol. The molecule has 0 saturated heterocycles. The molecule has 1 heterocycles. The number of phenols is 1. The Morgan fingerprint density at radius 3 is 2.86 bits per heavy atom. The van der Waals surface area contributed by atoms with E-state index in [-0.39, 0.29) is 11.6 Å². The fourth-order valence-electron chi connectivity index (χ4n) is 2.46. The maximum Gasteiger partial charge on any atom is 0.151 e. The number of aromatic hydroxyl groups is 1. The molecule has 0 spiro atoms. The van der Waals surface area contributed by atoms with E-state index in [0.29, 0.717) is 16.9 Å². The summed E-state index contributed by atoms with van der Waals surface area (Å²) in [5, 5.41) is 10.1. The van der Waals surface area contributed by atoms with Crippen molar-refractivity contribution < 1.29 is 9.50 Å². The minimum Gasteiger partial charge on any atom is -0.507 e. The van der Waals surface area contributed by atoms with Gasteiger partial charge in [0.25, 0.3) is 0 Å². The first-order valence-corrected chi connectivity index (χ1v) is 7.83. The summed E-state index contributed by atoms with van der Waals surface area (Å²) < 4.78 is 16.9. The number of aryl methyl sites for hydroxylation is 1. The van der Waals surface area contributed by atoms with Crippen LogP contribution in [0.25, 0.3) is 22.4 Å². The third-order valence-electron chi connectivity index (χ3n) is 3.38. The molecule has 3 aromatic rings. The van der Waals surface area contributed by atoms with Crippen LogP contribution < -0.4 is 0 Å². The van der Waals surface area contributed by atoms with Crippen molar-refractivity contribution in [2.45, 2.75) is 19.9 Å². The lowest BCUT2D eigenvalue weighted by Gasteiger charge is -2.09. The van der Waals surface area contributed by atoms with E-state index in [0.717, 1.165) is 22.1 Å². The second-order valence-electron chi connectivity index (χ2n) is 4.86. The summed E-state index contributed by atoms with van der Waals surface area (Å²) in [4.78, 5) is 4.43. The number of aromatic nitrogens is 2. The Morgan fingerprint density at radius 2 is 2.10 bits per heavy atom. The van der Waals surface area contributed by atoms with Crippen molar-refractivity contribution in [1.29, 1.82) is 0 Å². The van der Waals surface area contributed by atoms with E-state index in [1.807, 2.05) is 22.8 Å². The van der Waals surface area contributed by atoms with Gasteiger partial charge < -0.3 is 9.67 Å². The van der Waals surface area contributed by atoms with Crippen LogP contribution in [0.2, 0.25) is 0 Å². The summed E-state index contributed by atoms with van der Waals surface area (Å²) in [5.41, 5.74) is 1.73. The monoisotopic (exact) mass is 396 g/mol. The molecular formula is C16H14FIN2O. The first kappa shape index (κ1) is 14.3. The molecule has 1 N–H and O–H groups in total. The van der Waals surface area contributed by atoms with Crippen molar-refractivity contribution in [3.05, 3.63) is 45.8 Å².